The van der Waals surface area contributed by atoms with Gasteiger partial charge in [-0.15, -0.1) is 0 Å². The van der Waals surface area contributed by atoms with Crippen LogP contribution in [0.25, 0.3) is 0 Å². The highest BCUT2D eigenvalue weighted by Gasteiger charge is 2.25. The van der Waals surface area contributed by atoms with Crippen molar-refractivity contribution in [2.45, 2.75) is 26.2 Å². The first kappa shape index (κ1) is 14.3. The summed E-state index contributed by atoms with van der Waals surface area (Å²) in [5.74, 6) is 1.17. The standard InChI is InChI=1S/C16H24FNO/c1-16(2,3)14-4-6-15(7-5-14)19-9-8-18-11-13(10-17)12-18/h4-7,13H,8-12H2,1-3H3. The normalized spacial score (nSPS) is 17.3. The Hall–Kier alpha value is -1.09. The van der Waals surface area contributed by atoms with Gasteiger partial charge >= 0.3 is 0 Å². The van der Waals surface area contributed by atoms with Gasteiger partial charge in [0, 0.05) is 25.6 Å². The van der Waals surface area contributed by atoms with E-state index in [1.807, 2.05) is 12.1 Å². The summed E-state index contributed by atoms with van der Waals surface area (Å²) in [6.45, 7) is 9.73. The van der Waals surface area contributed by atoms with Gasteiger partial charge < -0.3 is 4.74 Å². The van der Waals surface area contributed by atoms with Gasteiger partial charge in [0.25, 0.3) is 0 Å². The minimum Gasteiger partial charge on any atom is -0.492 e. The zero-order chi connectivity index (χ0) is 13.9. The Bertz CT molecular complexity index is 390. The van der Waals surface area contributed by atoms with E-state index in [0.717, 1.165) is 25.4 Å². The Labute approximate surface area is 115 Å². The Balaban J connectivity index is 1.72. The smallest absolute Gasteiger partial charge is 0.119 e. The summed E-state index contributed by atoms with van der Waals surface area (Å²) in [5.41, 5.74) is 1.49. The summed E-state index contributed by atoms with van der Waals surface area (Å²) >= 11 is 0. The molecule has 1 saturated heterocycles. The number of rotatable bonds is 5. The predicted octanol–water partition coefficient (Wildman–Crippen LogP) is 3.26. The van der Waals surface area contributed by atoms with E-state index in [2.05, 4.69) is 37.8 Å². The number of likely N-dealkylation sites (tertiary alicyclic amines) is 1. The van der Waals surface area contributed by atoms with Crippen molar-refractivity contribution in [1.29, 1.82) is 0 Å². The van der Waals surface area contributed by atoms with Crippen molar-refractivity contribution in [2.75, 3.05) is 32.9 Å². The lowest BCUT2D eigenvalue weighted by Gasteiger charge is -2.37. The maximum absolute atomic E-state index is 12.3. The highest BCUT2D eigenvalue weighted by Crippen LogP contribution is 2.24. The monoisotopic (exact) mass is 265 g/mol. The van der Waals surface area contributed by atoms with Gasteiger partial charge in [-0.05, 0) is 23.1 Å². The molecule has 19 heavy (non-hydrogen) atoms. The molecule has 1 aromatic carbocycles. The molecule has 2 rings (SSSR count). The Morgan fingerprint density at radius 2 is 1.84 bits per heavy atom. The average molecular weight is 265 g/mol. The van der Waals surface area contributed by atoms with Crippen LogP contribution in [0.2, 0.25) is 0 Å². The highest BCUT2D eigenvalue weighted by atomic mass is 19.1. The molecule has 1 heterocycles. The van der Waals surface area contributed by atoms with Crippen LogP contribution in [0.5, 0.6) is 5.75 Å². The van der Waals surface area contributed by atoms with E-state index in [1.165, 1.54) is 5.56 Å². The van der Waals surface area contributed by atoms with Gasteiger partial charge in [-0.25, -0.2) is 0 Å². The van der Waals surface area contributed by atoms with E-state index in [0.29, 0.717) is 6.61 Å². The molecule has 0 spiro atoms. The van der Waals surface area contributed by atoms with Crippen molar-refractivity contribution in [2.24, 2.45) is 5.92 Å². The van der Waals surface area contributed by atoms with Crippen LogP contribution in [0.4, 0.5) is 4.39 Å². The van der Waals surface area contributed by atoms with Crippen LogP contribution in [0.1, 0.15) is 26.3 Å². The minimum absolute atomic E-state index is 0.178. The Morgan fingerprint density at radius 3 is 2.37 bits per heavy atom. The third-order valence-corrected chi connectivity index (χ3v) is 3.65. The van der Waals surface area contributed by atoms with E-state index >= 15 is 0 Å². The lowest BCUT2D eigenvalue weighted by molar-refractivity contribution is 0.0668. The zero-order valence-electron chi connectivity index (χ0n) is 12.2. The average Bonchev–Trinajstić information content (AvgIpc) is 2.31. The van der Waals surface area contributed by atoms with Crippen molar-refractivity contribution in [3.05, 3.63) is 29.8 Å². The maximum Gasteiger partial charge on any atom is 0.119 e. The molecule has 3 heteroatoms. The molecule has 1 aromatic rings. The highest BCUT2D eigenvalue weighted by molar-refractivity contribution is 5.31. The fourth-order valence-electron chi connectivity index (χ4n) is 2.30. The van der Waals surface area contributed by atoms with Crippen LogP contribution in [-0.4, -0.2) is 37.8 Å². The number of hydrogen-bond acceptors (Lipinski definition) is 2. The van der Waals surface area contributed by atoms with E-state index in [4.69, 9.17) is 4.74 Å². The summed E-state index contributed by atoms with van der Waals surface area (Å²) in [7, 11) is 0. The molecular weight excluding hydrogens is 241 g/mol. The SMILES string of the molecule is CC(C)(C)c1ccc(OCCN2CC(CF)C2)cc1. The molecule has 0 atom stereocenters. The van der Waals surface area contributed by atoms with Gasteiger partial charge in [0.05, 0.1) is 6.67 Å². The molecule has 106 valence electrons. The zero-order valence-corrected chi connectivity index (χ0v) is 12.2. The van der Waals surface area contributed by atoms with E-state index < -0.39 is 0 Å². The number of alkyl halides is 1. The van der Waals surface area contributed by atoms with E-state index in [9.17, 15) is 4.39 Å². The van der Waals surface area contributed by atoms with Gasteiger partial charge in [-0.2, -0.15) is 0 Å². The molecule has 0 aromatic heterocycles. The van der Waals surface area contributed by atoms with Crippen molar-refractivity contribution in [1.82, 2.24) is 4.90 Å². The van der Waals surface area contributed by atoms with Crippen LogP contribution in [0, 0.1) is 5.92 Å². The second-order valence-corrected chi connectivity index (χ2v) is 6.40. The fraction of sp³-hybridized carbons (Fsp3) is 0.625. The third-order valence-electron chi connectivity index (χ3n) is 3.65. The molecule has 0 bridgehead atoms. The van der Waals surface area contributed by atoms with Crippen LogP contribution in [0.3, 0.4) is 0 Å². The minimum atomic E-state index is -0.189. The maximum atomic E-state index is 12.3. The number of benzene rings is 1. The number of halogens is 1. The molecule has 0 saturated carbocycles. The molecule has 0 aliphatic carbocycles. The fourth-order valence-corrected chi connectivity index (χ4v) is 2.30. The first-order valence-electron chi connectivity index (χ1n) is 7.00. The van der Waals surface area contributed by atoms with Gasteiger partial charge in [0.1, 0.15) is 12.4 Å². The molecule has 0 unspecified atom stereocenters. The van der Waals surface area contributed by atoms with Gasteiger partial charge in [0.2, 0.25) is 0 Å². The summed E-state index contributed by atoms with van der Waals surface area (Å²) in [5, 5.41) is 0. The summed E-state index contributed by atoms with van der Waals surface area (Å²) in [6.07, 6.45) is 0. The van der Waals surface area contributed by atoms with Crippen LogP contribution in [-0.2, 0) is 5.41 Å². The van der Waals surface area contributed by atoms with Crippen molar-refractivity contribution in [3.8, 4) is 5.75 Å². The van der Waals surface area contributed by atoms with Gasteiger partial charge in [-0.3, -0.25) is 9.29 Å². The van der Waals surface area contributed by atoms with Crippen molar-refractivity contribution < 1.29 is 9.13 Å². The van der Waals surface area contributed by atoms with E-state index in [-0.39, 0.29) is 18.0 Å². The number of hydrogen-bond donors (Lipinski definition) is 0. The predicted molar refractivity (Wildman–Crippen MR) is 76.5 cm³/mol. The molecule has 0 amide bonds. The molecule has 0 radical (unpaired) electrons. The molecule has 1 aliphatic rings. The molecule has 1 fully saturated rings. The second kappa shape index (κ2) is 5.91. The van der Waals surface area contributed by atoms with Crippen molar-refractivity contribution in [3.63, 3.8) is 0 Å². The van der Waals surface area contributed by atoms with Crippen LogP contribution < -0.4 is 4.74 Å². The first-order valence-corrected chi connectivity index (χ1v) is 7.00. The Kier molecular flexibility index (Phi) is 4.46. The molecule has 1 aliphatic heterocycles. The van der Waals surface area contributed by atoms with E-state index in [1.54, 1.807) is 0 Å². The topological polar surface area (TPSA) is 12.5 Å². The molecular formula is C16H24FNO. The second-order valence-electron chi connectivity index (χ2n) is 6.40. The van der Waals surface area contributed by atoms with Crippen LogP contribution in [0.15, 0.2) is 24.3 Å². The summed E-state index contributed by atoms with van der Waals surface area (Å²) in [6, 6.07) is 8.30. The van der Waals surface area contributed by atoms with Gasteiger partial charge in [-0.1, -0.05) is 32.9 Å². The van der Waals surface area contributed by atoms with Crippen molar-refractivity contribution >= 4 is 0 Å². The Morgan fingerprint density at radius 1 is 1.21 bits per heavy atom. The summed E-state index contributed by atoms with van der Waals surface area (Å²) in [4.78, 5) is 2.23. The third kappa shape index (κ3) is 3.93. The van der Waals surface area contributed by atoms with Gasteiger partial charge in [0.15, 0.2) is 0 Å². The molecule has 2 nitrogen and oxygen atoms in total. The lowest BCUT2D eigenvalue weighted by Crippen LogP contribution is -2.49. The quantitative estimate of drug-likeness (QED) is 0.810. The first-order chi connectivity index (χ1) is 8.99. The number of ether oxygens (including phenoxy) is 1. The largest absolute Gasteiger partial charge is 0.492 e. The lowest BCUT2D eigenvalue weighted by atomic mass is 9.87. The molecule has 0 N–H and O–H groups in total. The number of nitrogens with zero attached hydrogens (tertiary/aromatic N) is 1. The van der Waals surface area contributed by atoms with Crippen LogP contribution >= 0.6 is 0 Å². The summed E-state index contributed by atoms with van der Waals surface area (Å²) < 4.78 is 18.0.